The Kier molecular flexibility index (Phi) is 5.00. The first-order chi connectivity index (χ1) is 9.95. The Balaban J connectivity index is 2.36. The lowest BCUT2D eigenvalue weighted by Gasteiger charge is -2.34. The van der Waals surface area contributed by atoms with Gasteiger partial charge >= 0.3 is 0 Å². The second kappa shape index (κ2) is 6.58. The van der Waals surface area contributed by atoms with E-state index < -0.39 is 16.1 Å². The van der Waals surface area contributed by atoms with Gasteiger partial charge in [0.2, 0.25) is 15.9 Å². The van der Waals surface area contributed by atoms with Crippen LogP contribution in [0.2, 0.25) is 0 Å². The SMILES string of the molecule is CCCCS(=O)(=O)N1CCNC(=O)C1c1cccc(C)c1. The molecule has 2 rings (SSSR count). The fraction of sp³-hybridized carbons (Fsp3) is 0.533. The minimum atomic E-state index is -3.42. The van der Waals surface area contributed by atoms with Gasteiger partial charge in [-0.1, -0.05) is 43.2 Å². The lowest BCUT2D eigenvalue weighted by molar-refractivity contribution is -0.126. The molecule has 1 aliphatic heterocycles. The van der Waals surface area contributed by atoms with E-state index >= 15 is 0 Å². The standard InChI is InChI=1S/C15H22N2O3S/c1-3-4-10-21(19,20)17-9-8-16-15(18)14(17)13-7-5-6-12(2)11-13/h5-7,11,14H,3-4,8-10H2,1-2H3,(H,16,18). The van der Waals surface area contributed by atoms with Crippen molar-refractivity contribution in [1.29, 1.82) is 0 Å². The van der Waals surface area contributed by atoms with E-state index in [9.17, 15) is 13.2 Å². The van der Waals surface area contributed by atoms with Crippen molar-refractivity contribution in [2.24, 2.45) is 0 Å². The van der Waals surface area contributed by atoms with Crippen LogP contribution in [0.3, 0.4) is 0 Å². The van der Waals surface area contributed by atoms with Gasteiger partial charge in [-0.2, -0.15) is 4.31 Å². The van der Waals surface area contributed by atoms with Crippen LogP contribution in [-0.2, 0) is 14.8 Å². The van der Waals surface area contributed by atoms with Crippen LogP contribution in [0.1, 0.15) is 36.9 Å². The molecule has 1 fully saturated rings. The van der Waals surface area contributed by atoms with Gasteiger partial charge in [0.15, 0.2) is 0 Å². The zero-order valence-electron chi connectivity index (χ0n) is 12.5. The molecule has 1 amide bonds. The van der Waals surface area contributed by atoms with Gasteiger partial charge < -0.3 is 5.32 Å². The molecule has 1 heterocycles. The number of nitrogens with zero attached hydrogens (tertiary/aromatic N) is 1. The van der Waals surface area contributed by atoms with Gasteiger partial charge in [-0.15, -0.1) is 0 Å². The summed E-state index contributed by atoms with van der Waals surface area (Å²) in [5.74, 6) is -0.147. The summed E-state index contributed by atoms with van der Waals surface area (Å²) in [5, 5.41) is 2.76. The normalized spacial score (nSPS) is 20.3. The largest absolute Gasteiger partial charge is 0.353 e. The van der Waals surface area contributed by atoms with E-state index in [-0.39, 0.29) is 11.7 Å². The van der Waals surface area contributed by atoms with Crippen LogP contribution in [0, 0.1) is 6.92 Å². The third-order valence-electron chi connectivity index (χ3n) is 3.64. The predicted octanol–water partition coefficient (Wildman–Crippen LogP) is 1.60. The highest BCUT2D eigenvalue weighted by atomic mass is 32.2. The Bertz CT molecular complexity index is 613. The first-order valence-corrected chi connectivity index (χ1v) is 8.90. The fourth-order valence-corrected chi connectivity index (χ4v) is 4.34. The number of piperazine rings is 1. The zero-order chi connectivity index (χ0) is 15.5. The quantitative estimate of drug-likeness (QED) is 0.898. The number of benzene rings is 1. The number of rotatable bonds is 5. The Morgan fingerprint density at radius 3 is 2.81 bits per heavy atom. The molecule has 0 aliphatic carbocycles. The highest BCUT2D eigenvalue weighted by Crippen LogP contribution is 2.27. The van der Waals surface area contributed by atoms with Crippen LogP contribution in [0.4, 0.5) is 0 Å². The van der Waals surface area contributed by atoms with Gasteiger partial charge in [-0.05, 0) is 18.9 Å². The molecule has 6 heteroatoms. The maximum absolute atomic E-state index is 12.5. The summed E-state index contributed by atoms with van der Waals surface area (Å²) in [4.78, 5) is 12.2. The van der Waals surface area contributed by atoms with E-state index in [0.717, 1.165) is 17.5 Å². The predicted molar refractivity (Wildman–Crippen MR) is 82.3 cm³/mol. The number of carbonyl (C=O) groups is 1. The van der Waals surface area contributed by atoms with Crippen LogP contribution in [0.15, 0.2) is 24.3 Å². The number of unbranched alkanes of at least 4 members (excludes halogenated alkanes) is 1. The highest BCUT2D eigenvalue weighted by molar-refractivity contribution is 7.89. The average Bonchev–Trinajstić information content (AvgIpc) is 2.45. The molecule has 21 heavy (non-hydrogen) atoms. The molecule has 0 bridgehead atoms. The summed E-state index contributed by atoms with van der Waals surface area (Å²) in [6.07, 6.45) is 1.43. The summed E-state index contributed by atoms with van der Waals surface area (Å²) < 4.78 is 26.4. The minimum Gasteiger partial charge on any atom is -0.353 e. The van der Waals surface area contributed by atoms with E-state index in [0.29, 0.717) is 19.5 Å². The topological polar surface area (TPSA) is 66.5 Å². The number of carbonyl (C=O) groups excluding carboxylic acids is 1. The minimum absolute atomic E-state index is 0.0963. The molecule has 116 valence electrons. The summed E-state index contributed by atoms with van der Waals surface area (Å²) in [7, 11) is -3.42. The number of hydrogen-bond acceptors (Lipinski definition) is 3. The zero-order valence-corrected chi connectivity index (χ0v) is 13.3. The van der Waals surface area contributed by atoms with Crippen LogP contribution < -0.4 is 5.32 Å². The van der Waals surface area contributed by atoms with Crippen molar-refractivity contribution < 1.29 is 13.2 Å². The molecule has 1 N–H and O–H groups in total. The van der Waals surface area contributed by atoms with Gasteiger partial charge in [0, 0.05) is 13.1 Å². The molecule has 0 spiro atoms. The molecule has 1 aliphatic rings. The number of hydrogen-bond donors (Lipinski definition) is 1. The first-order valence-electron chi connectivity index (χ1n) is 7.29. The molecular weight excluding hydrogens is 288 g/mol. The van der Waals surface area contributed by atoms with Crippen molar-refractivity contribution in [3.63, 3.8) is 0 Å². The van der Waals surface area contributed by atoms with Crippen LogP contribution in [0.25, 0.3) is 0 Å². The molecule has 1 aromatic carbocycles. The lowest BCUT2D eigenvalue weighted by atomic mass is 10.0. The molecule has 1 saturated heterocycles. The van der Waals surface area contributed by atoms with Crippen molar-refractivity contribution >= 4 is 15.9 Å². The van der Waals surface area contributed by atoms with E-state index in [1.54, 1.807) is 0 Å². The van der Waals surface area contributed by atoms with Crippen LogP contribution in [0.5, 0.6) is 0 Å². The molecule has 1 unspecified atom stereocenters. The van der Waals surface area contributed by atoms with Crippen molar-refractivity contribution in [3.8, 4) is 0 Å². The van der Waals surface area contributed by atoms with Crippen molar-refractivity contribution in [2.45, 2.75) is 32.7 Å². The molecule has 5 nitrogen and oxygen atoms in total. The molecule has 0 radical (unpaired) electrons. The highest BCUT2D eigenvalue weighted by Gasteiger charge is 2.38. The number of amides is 1. The van der Waals surface area contributed by atoms with Gasteiger partial charge in [0.05, 0.1) is 5.75 Å². The summed E-state index contributed by atoms with van der Waals surface area (Å²) in [6, 6.07) is 6.72. The van der Waals surface area contributed by atoms with Gasteiger partial charge in [0.1, 0.15) is 6.04 Å². The van der Waals surface area contributed by atoms with Gasteiger partial charge in [0.25, 0.3) is 0 Å². The Hall–Kier alpha value is -1.40. The van der Waals surface area contributed by atoms with E-state index in [1.165, 1.54) is 4.31 Å². The van der Waals surface area contributed by atoms with Gasteiger partial charge in [-0.25, -0.2) is 8.42 Å². The maximum Gasteiger partial charge on any atom is 0.243 e. The molecule has 0 saturated carbocycles. The van der Waals surface area contributed by atoms with Gasteiger partial charge in [-0.3, -0.25) is 4.79 Å². The lowest BCUT2D eigenvalue weighted by Crippen LogP contribution is -2.52. The van der Waals surface area contributed by atoms with Crippen molar-refractivity contribution in [1.82, 2.24) is 9.62 Å². The van der Waals surface area contributed by atoms with Crippen LogP contribution >= 0.6 is 0 Å². The number of nitrogens with one attached hydrogen (secondary N) is 1. The van der Waals surface area contributed by atoms with Crippen LogP contribution in [-0.4, -0.2) is 37.5 Å². The van der Waals surface area contributed by atoms with E-state index in [4.69, 9.17) is 0 Å². The summed E-state index contributed by atoms with van der Waals surface area (Å²) >= 11 is 0. The van der Waals surface area contributed by atoms with Crippen molar-refractivity contribution in [3.05, 3.63) is 35.4 Å². The van der Waals surface area contributed by atoms with E-state index in [2.05, 4.69) is 5.32 Å². The smallest absolute Gasteiger partial charge is 0.243 e. The summed E-state index contributed by atoms with van der Waals surface area (Å²) in [6.45, 7) is 4.58. The molecule has 0 aromatic heterocycles. The third kappa shape index (κ3) is 3.63. The fourth-order valence-electron chi connectivity index (χ4n) is 2.55. The second-order valence-electron chi connectivity index (χ2n) is 5.39. The van der Waals surface area contributed by atoms with Crippen molar-refractivity contribution in [2.75, 3.05) is 18.8 Å². The Labute approximate surface area is 126 Å². The average molecular weight is 310 g/mol. The maximum atomic E-state index is 12.5. The van der Waals surface area contributed by atoms with E-state index in [1.807, 2.05) is 38.1 Å². The first kappa shape index (κ1) is 16.0. The number of aryl methyl sites for hydroxylation is 1. The molecule has 1 atom stereocenters. The Morgan fingerprint density at radius 2 is 2.14 bits per heavy atom. The number of sulfonamides is 1. The summed E-state index contributed by atoms with van der Waals surface area (Å²) in [5.41, 5.74) is 1.74. The molecular formula is C15H22N2O3S. The monoisotopic (exact) mass is 310 g/mol. The second-order valence-corrected chi connectivity index (χ2v) is 7.43. The third-order valence-corrected chi connectivity index (χ3v) is 5.55. The molecule has 1 aromatic rings. The Morgan fingerprint density at radius 1 is 1.38 bits per heavy atom.